The Morgan fingerprint density at radius 1 is 1.53 bits per heavy atom. The van der Waals surface area contributed by atoms with Crippen LogP contribution in [0.25, 0.3) is 0 Å². The fourth-order valence-corrected chi connectivity index (χ4v) is 5.01. The van der Waals surface area contributed by atoms with Crippen molar-refractivity contribution in [3.63, 3.8) is 0 Å². The molecule has 1 aliphatic carbocycles. The Morgan fingerprint density at radius 2 is 2.16 bits per heavy atom. The highest BCUT2D eigenvalue weighted by Crippen LogP contribution is 2.41. The predicted octanol–water partition coefficient (Wildman–Crippen LogP) is 1.02. The highest BCUT2D eigenvalue weighted by atomic mass is 32.2. The smallest absolute Gasteiger partial charge is 0.187 e. The Hall–Kier alpha value is -0.860. The number of likely N-dealkylation sites (N-methyl/N-ethyl adjacent to an activating group) is 1. The first-order valence-electron chi connectivity index (χ1n) is 6.22. The lowest BCUT2D eigenvalue weighted by Crippen LogP contribution is -2.29. The minimum absolute atomic E-state index is 0.122. The van der Waals surface area contributed by atoms with Crippen LogP contribution in [0.4, 0.5) is 10.8 Å². The molecule has 0 bridgehead atoms. The zero-order chi connectivity index (χ0) is 14.2. The van der Waals surface area contributed by atoms with Gasteiger partial charge in [-0.25, -0.2) is 8.42 Å². The normalized spacial score (nSPS) is 17.7. The summed E-state index contributed by atoms with van der Waals surface area (Å²) in [4.78, 5) is 2.24. The molecule has 1 fully saturated rings. The number of aromatic nitrogens is 1. The van der Waals surface area contributed by atoms with Gasteiger partial charge in [-0.2, -0.15) is 4.37 Å². The lowest BCUT2D eigenvalue weighted by molar-refractivity contribution is 0.392. The molecule has 2 rings (SSSR count). The molecule has 0 spiro atoms. The molecule has 1 aromatic rings. The number of hydrogen-bond donors (Lipinski definition) is 2. The summed E-state index contributed by atoms with van der Waals surface area (Å²) in [5.41, 5.74) is 5.74. The average Bonchev–Trinajstić information content (AvgIpc) is 3.04. The van der Waals surface area contributed by atoms with Crippen LogP contribution in [-0.4, -0.2) is 49.6 Å². The third-order valence-electron chi connectivity index (χ3n) is 2.94. The van der Waals surface area contributed by atoms with Crippen molar-refractivity contribution in [1.29, 1.82) is 0 Å². The molecular weight excluding hydrogens is 284 g/mol. The van der Waals surface area contributed by atoms with Crippen molar-refractivity contribution in [2.45, 2.75) is 36.0 Å². The van der Waals surface area contributed by atoms with Crippen LogP contribution in [0.2, 0.25) is 0 Å². The number of anilines is 2. The third kappa shape index (κ3) is 3.18. The summed E-state index contributed by atoms with van der Waals surface area (Å²) < 4.78 is 28.7. The van der Waals surface area contributed by atoms with Crippen molar-refractivity contribution in [2.24, 2.45) is 0 Å². The summed E-state index contributed by atoms with van der Waals surface area (Å²) >= 11 is 1.12. The molecule has 0 aliphatic heterocycles. The molecule has 108 valence electrons. The lowest BCUT2D eigenvalue weighted by atomic mass is 10.3. The summed E-state index contributed by atoms with van der Waals surface area (Å²) in [6, 6.07) is 0.128. The van der Waals surface area contributed by atoms with E-state index in [1.807, 2.05) is 25.9 Å². The second-order valence-electron chi connectivity index (χ2n) is 5.28. The van der Waals surface area contributed by atoms with Crippen molar-refractivity contribution in [2.75, 3.05) is 31.7 Å². The van der Waals surface area contributed by atoms with E-state index in [0.717, 1.165) is 30.9 Å². The van der Waals surface area contributed by atoms with Gasteiger partial charge in [-0.3, -0.25) is 0 Å². The second kappa shape index (κ2) is 5.26. The standard InChI is InChI=1S/C11H20N4O2S2/c1-7(6-15(2)3)13-11-9(10(12)14-18-11)19(16,17)8-4-5-8/h7-8,13H,4-6H2,1-3H3,(H2,12,14). The van der Waals surface area contributed by atoms with Crippen LogP contribution in [0.15, 0.2) is 4.90 Å². The van der Waals surface area contributed by atoms with E-state index in [-0.39, 0.29) is 22.0 Å². The van der Waals surface area contributed by atoms with E-state index in [9.17, 15) is 8.42 Å². The SMILES string of the molecule is CC(CN(C)C)Nc1snc(N)c1S(=O)(=O)C1CC1. The van der Waals surface area contributed by atoms with Gasteiger partial charge in [0.2, 0.25) is 0 Å². The first-order valence-corrected chi connectivity index (χ1v) is 8.54. The van der Waals surface area contributed by atoms with Crippen molar-refractivity contribution in [3.8, 4) is 0 Å². The largest absolute Gasteiger partial charge is 0.382 e. The molecule has 0 saturated heterocycles. The first kappa shape index (κ1) is 14.5. The van der Waals surface area contributed by atoms with Crippen molar-refractivity contribution >= 4 is 32.2 Å². The summed E-state index contributed by atoms with van der Waals surface area (Å²) in [6.45, 7) is 2.81. The van der Waals surface area contributed by atoms with Crippen molar-refractivity contribution in [1.82, 2.24) is 9.27 Å². The van der Waals surface area contributed by atoms with Crippen LogP contribution in [0.5, 0.6) is 0 Å². The lowest BCUT2D eigenvalue weighted by Gasteiger charge is -2.19. The van der Waals surface area contributed by atoms with Crippen LogP contribution >= 0.6 is 11.5 Å². The molecule has 1 saturated carbocycles. The van der Waals surface area contributed by atoms with Gasteiger partial charge >= 0.3 is 0 Å². The van der Waals surface area contributed by atoms with E-state index in [4.69, 9.17) is 5.73 Å². The van der Waals surface area contributed by atoms with E-state index in [0.29, 0.717) is 5.00 Å². The summed E-state index contributed by atoms with van der Waals surface area (Å²) in [5, 5.41) is 3.51. The molecule has 1 aliphatic rings. The van der Waals surface area contributed by atoms with E-state index < -0.39 is 9.84 Å². The van der Waals surface area contributed by atoms with Gasteiger partial charge < -0.3 is 16.0 Å². The maximum Gasteiger partial charge on any atom is 0.187 e. The number of nitrogens with one attached hydrogen (secondary N) is 1. The molecule has 0 amide bonds. The van der Waals surface area contributed by atoms with Crippen molar-refractivity contribution < 1.29 is 8.42 Å². The maximum atomic E-state index is 12.3. The highest BCUT2D eigenvalue weighted by Gasteiger charge is 2.40. The minimum atomic E-state index is -3.31. The highest BCUT2D eigenvalue weighted by molar-refractivity contribution is 7.92. The summed E-state index contributed by atoms with van der Waals surface area (Å²) in [7, 11) is 0.636. The third-order valence-corrected chi connectivity index (χ3v) is 6.19. The van der Waals surface area contributed by atoms with Gasteiger partial charge in [-0.1, -0.05) is 0 Å². The fraction of sp³-hybridized carbons (Fsp3) is 0.727. The Bertz CT molecular complexity index is 549. The maximum absolute atomic E-state index is 12.3. The topological polar surface area (TPSA) is 88.3 Å². The number of hydrogen-bond acceptors (Lipinski definition) is 7. The van der Waals surface area contributed by atoms with Gasteiger partial charge in [0.15, 0.2) is 15.7 Å². The molecule has 6 nitrogen and oxygen atoms in total. The Balaban J connectivity index is 2.23. The molecule has 0 radical (unpaired) electrons. The number of nitrogens with two attached hydrogens (primary N) is 1. The number of nitrogen functional groups attached to an aromatic ring is 1. The molecule has 1 heterocycles. The van der Waals surface area contributed by atoms with Crippen molar-refractivity contribution in [3.05, 3.63) is 0 Å². The van der Waals surface area contributed by atoms with Gasteiger partial charge in [0.1, 0.15) is 9.90 Å². The van der Waals surface area contributed by atoms with Crippen LogP contribution in [0.3, 0.4) is 0 Å². The molecule has 8 heteroatoms. The van der Waals surface area contributed by atoms with Gasteiger partial charge in [-0.05, 0) is 45.4 Å². The molecule has 1 aromatic heterocycles. The van der Waals surface area contributed by atoms with Crippen LogP contribution in [-0.2, 0) is 9.84 Å². The Morgan fingerprint density at radius 3 is 2.68 bits per heavy atom. The average molecular weight is 304 g/mol. The Labute approximate surface area is 118 Å². The fourth-order valence-electron chi connectivity index (χ4n) is 2.02. The minimum Gasteiger partial charge on any atom is -0.382 e. The monoisotopic (exact) mass is 304 g/mol. The van der Waals surface area contributed by atoms with Crippen LogP contribution < -0.4 is 11.1 Å². The molecule has 0 aromatic carbocycles. The zero-order valence-electron chi connectivity index (χ0n) is 11.4. The molecular formula is C11H20N4O2S2. The van der Waals surface area contributed by atoms with E-state index >= 15 is 0 Å². The molecule has 3 N–H and O–H groups in total. The van der Waals surface area contributed by atoms with Crippen LogP contribution in [0, 0.1) is 0 Å². The van der Waals surface area contributed by atoms with Gasteiger partial charge in [0.25, 0.3) is 0 Å². The molecule has 1 atom stereocenters. The molecule has 19 heavy (non-hydrogen) atoms. The number of nitrogens with zero attached hydrogens (tertiary/aromatic N) is 2. The van der Waals surface area contributed by atoms with Crippen LogP contribution in [0.1, 0.15) is 19.8 Å². The molecule has 1 unspecified atom stereocenters. The van der Waals surface area contributed by atoms with Gasteiger partial charge in [0, 0.05) is 12.6 Å². The second-order valence-corrected chi connectivity index (χ2v) is 8.22. The zero-order valence-corrected chi connectivity index (χ0v) is 13.0. The van der Waals surface area contributed by atoms with Gasteiger partial charge in [0.05, 0.1) is 5.25 Å². The number of sulfone groups is 1. The first-order chi connectivity index (χ1) is 8.82. The number of rotatable bonds is 6. The predicted molar refractivity (Wildman–Crippen MR) is 78.4 cm³/mol. The van der Waals surface area contributed by atoms with E-state index in [1.165, 1.54) is 0 Å². The summed E-state index contributed by atoms with van der Waals surface area (Å²) in [6.07, 6.45) is 1.45. The quantitative estimate of drug-likeness (QED) is 0.816. The summed E-state index contributed by atoms with van der Waals surface area (Å²) in [5.74, 6) is 0.122. The Kier molecular flexibility index (Phi) is 4.03. The van der Waals surface area contributed by atoms with Gasteiger partial charge in [-0.15, -0.1) is 0 Å². The van der Waals surface area contributed by atoms with E-state index in [2.05, 4.69) is 9.69 Å². The van der Waals surface area contributed by atoms with E-state index in [1.54, 1.807) is 0 Å².